The van der Waals surface area contributed by atoms with Crippen LogP contribution in [-0.4, -0.2) is 18.6 Å². The zero-order valence-corrected chi connectivity index (χ0v) is 12.4. The normalized spacial score (nSPS) is 15.9. The molecule has 1 aliphatic rings. The molecule has 1 fully saturated rings. The number of rotatable bonds is 6. The first-order valence-electron chi connectivity index (χ1n) is 6.36. The van der Waals surface area contributed by atoms with Crippen molar-refractivity contribution in [1.82, 2.24) is 0 Å². The molecule has 1 aromatic carbocycles. The van der Waals surface area contributed by atoms with Crippen LogP contribution in [0.3, 0.4) is 0 Å². The summed E-state index contributed by atoms with van der Waals surface area (Å²) < 4.78 is 28.6. The first kappa shape index (κ1) is 16.3. The Balaban J connectivity index is 2.01. The second-order valence-electron chi connectivity index (χ2n) is 4.90. The Morgan fingerprint density at radius 3 is 2.43 bits per heavy atom. The summed E-state index contributed by atoms with van der Waals surface area (Å²) in [5.41, 5.74) is 6.16. The average Bonchev–Trinajstić information content (AvgIpc) is 3.17. The smallest absolute Gasteiger partial charge is 0.387 e. The molecule has 1 unspecified atom stereocenters. The third-order valence-corrected chi connectivity index (χ3v) is 3.70. The van der Waals surface area contributed by atoms with Crippen LogP contribution >= 0.6 is 23.2 Å². The number of nitrogens with two attached hydrogens (primary N) is 1. The number of ether oxygens (including phenoxy) is 1. The average molecular weight is 339 g/mol. The van der Waals surface area contributed by atoms with Crippen LogP contribution in [0.2, 0.25) is 10.0 Å². The van der Waals surface area contributed by atoms with E-state index in [1.807, 2.05) is 0 Å². The molecule has 0 aromatic heterocycles. The van der Waals surface area contributed by atoms with Crippen molar-refractivity contribution >= 4 is 34.8 Å². The Morgan fingerprint density at radius 1 is 1.38 bits per heavy atom. The van der Waals surface area contributed by atoms with E-state index in [1.54, 1.807) is 0 Å². The molecule has 2 rings (SSSR count). The molecular weight excluding hydrogens is 325 g/mol. The van der Waals surface area contributed by atoms with Gasteiger partial charge in [0.25, 0.3) is 0 Å². The summed E-state index contributed by atoms with van der Waals surface area (Å²) in [6, 6.07) is 2.43. The number of alkyl halides is 2. The topological polar surface area (TPSA) is 64.4 Å². The molecule has 1 atom stereocenters. The lowest BCUT2D eigenvalue weighted by Gasteiger charge is -2.13. The van der Waals surface area contributed by atoms with Gasteiger partial charge in [-0.15, -0.1) is 0 Å². The Labute approximate surface area is 130 Å². The summed E-state index contributed by atoms with van der Waals surface area (Å²) in [6.45, 7) is -3.03. The summed E-state index contributed by atoms with van der Waals surface area (Å²) in [5.74, 6) is -0.185. The molecule has 21 heavy (non-hydrogen) atoms. The summed E-state index contributed by atoms with van der Waals surface area (Å²) in [5, 5.41) is 2.37. The van der Waals surface area contributed by atoms with Gasteiger partial charge in [-0.3, -0.25) is 4.79 Å². The zero-order chi connectivity index (χ0) is 15.6. The number of carbonyl (C=O) groups is 1. The Morgan fingerprint density at radius 2 is 1.95 bits per heavy atom. The number of carbonyl (C=O) groups excluding carboxylic acids is 1. The van der Waals surface area contributed by atoms with Gasteiger partial charge in [-0.2, -0.15) is 8.78 Å². The quantitative estimate of drug-likeness (QED) is 0.831. The first-order chi connectivity index (χ1) is 9.86. The minimum absolute atomic E-state index is 0.107. The molecule has 1 aromatic rings. The molecule has 0 bridgehead atoms. The van der Waals surface area contributed by atoms with E-state index in [-0.39, 0.29) is 34.2 Å². The van der Waals surface area contributed by atoms with E-state index in [0.29, 0.717) is 11.6 Å². The summed E-state index contributed by atoms with van der Waals surface area (Å²) in [7, 11) is 0. The molecule has 116 valence electrons. The molecule has 1 aliphatic carbocycles. The molecule has 8 heteroatoms. The van der Waals surface area contributed by atoms with Crippen molar-refractivity contribution in [2.75, 3.05) is 5.32 Å². The SMILES string of the molecule is NC(CC(=O)Nc1cc(Cl)c(OC(F)F)c(Cl)c1)C1CC1. The lowest BCUT2D eigenvalue weighted by atomic mass is 10.1. The number of amides is 1. The maximum atomic E-state index is 12.2. The van der Waals surface area contributed by atoms with E-state index in [4.69, 9.17) is 28.9 Å². The fourth-order valence-electron chi connectivity index (χ4n) is 1.95. The first-order valence-corrected chi connectivity index (χ1v) is 7.11. The van der Waals surface area contributed by atoms with E-state index in [1.165, 1.54) is 12.1 Å². The minimum Gasteiger partial charge on any atom is -0.432 e. The summed E-state index contributed by atoms with van der Waals surface area (Å²) in [4.78, 5) is 11.8. The van der Waals surface area contributed by atoms with Gasteiger partial charge in [-0.25, -0.2) is 0 Å². The number of halogens is 4. The maximum Gasteiger partial charge on any atom is 0.387 e. The van der Waals surface area contributed by atoms with E-state index in [0.717, 1.165) is 12.8 Å². The summed E-state index contributed by atoms with van der Waals surface area (Å²) in [6.07, 6.45) is 2.28. The van der Waals surface area contributed by atoms with Crippen LogP contribution in [0.1, 0.15) is 19.3 Å². The molecule has 1 amide bonds. The van der Waals surface area contributed by atoms with Crippen molar-refractivity contribution in [1.29, 1.82) is 0 Å². The molecule has 0 spiro atoms. The molecule has 3 N–H and O–H groups in total. The predicted octanol–water partition coefficient (Wildman–Crippen LogP) is 3.66. The highest BCUT2D eigenvalue weighted by atomic mass is 35.5. The highest BCUT2D eigenvalue weighted by Crippen LogP contribution is 2.37. The van der Waals surface area contributed by atoms with E-state index < -0.39 is 6.61 Å². The second kappa shape index (κ2) is 6.77. The molecule has 0 aliphatic heterocycles. The van der Waals surface area contributed by atoms with Gasteiger partial charge in [-0.05, 0) is 30.9 Å². The van der Waals surface area contributed by atoms with Gasteiger partial charge in [0.15, 0.2) is 5.75 Å². The van der Waals surface area contributed by atoms with Crippen LogP contribution in [0, 0.1) is 5.92 Å². The number of benzene rings is 1. The fraction of sp³-hybridized carbons (Fsp3) is 0.462. The van der Waals surface area contributed by atoms with Gasteiger partial charge < -0.3 is 15.8 Å². The Bertz CT molecular complexity index is 516. The molecule has 4 nitrogen and oxygen atoms in total. The second-order valence-corrected chi connectivity index (χ2v) is 5.72. The minimum atomic E-state index is -3.03. The van der Waals surface area contributed by atoms with Gasteiger partial charge in [-0.1, -0.05) is 23.2 Å². The molecule has 0 radical (unpaired) electrons. The number of hydrogen-bond acceptors (Lipinski definition) is 3. The molecule has 0 saturated heterocycles. The number of hydrogen-bond donors (Lipinski definition) is 2. The van der Waals surface area contributed by atoms with Crippen molar-refractivity contribution in [3.63, 3.8) is 0 Å². The van der Waals surface area contributed by atoms with Crippen LogP contribution in [0.5, 0.6) is 5.75 Å². The highest BCUT2D eigenvalue weighted by molar-refractivity contribution is 6.37. The van der Waals surface area contributed by atoms with E-state index in [2.05, 4.69) is 10.1 Å². The predicted molar refractivity (Wildman–Crippen MR) is 77.0 cm³/mol. The van der Waals surface area contributed by atoms with Gasteiger partial charge >= 0.3 is 6.61 Å². The van der Waals surface area contributed by atoms with Gasteiger partial charge in [0.1, 0.15) is 0 Å². The monoisotopic (exact) mass is 338 g/mol. The van der Waals surface area contributed by atoms with Crippen LogP contribution in [-0.2, 0) is 4.79 Å². The number of nitrogens with one attached hydrogen (secondary N) is 1. The largest absolute Gasteiger partial charge is 0.432 e. The van der Waals surface area contributed by atoms with E-state index in [9.17, 15) is 13.6 Å². The van der Waals surface area contributed by atoms with Crippen LogP contribution < -0.4 is 15.8 Å². The zero-order valence-electron chi connectivity index (χ0n) is 10.9. The third kappa shape index (κ3) is 4.69. The van der Waals surface area contributed by atoms with Crippen molar-refractivity contribution in [2.24, 2.45) is 11.7 Å². The Hall–Kier alpha value is -1.11. The number of anilines is 1. The third-order valence-electron chi connectivity index (χ3n) is 3.14. The molecule has 1 saturated carbocycles. The van der Waals surface area contributed by atoms with Gasteiger partial charge in [0.05, 0.1) is 10.0 Å². The lowest BCUT2D eigenvalue weighted by Crippen LogP contribution is -2.28. The standard InChI is InChI=1S/C13H14Cl2F2N2O2/c14-8-3-7(4-9(15)12(8)21-13(16)17)19-11(20)5-10(18)6-1-2-6/h3-4,6,10,13H,1-2,5,18H2,(H,19,20). The van der Waals surface area contributed by atoms with Crippen molar-refractivity contribution in [2.45, 2.75) is 31.9 Å². The lowest BCUT2D eigenvalue weighted by molar-refractivity contribution is -0.116. The summed E-state index contributed by atoms with van der Waals surface area (Å²) >= 11 is 11.6. The van der Waals surface area contributed by atoms with E-state index >= 15 is 0 Å². The van der Waals surface area contributed by atoms with Gasteiger partial charge in [0.2, 0.25) is 5.91 Å². The molecule has 0 heterocycles. The van der Waals surface area contributed by atoms with Crippen LogP contribution in [0.25, 0.3) is 0 Å². The van der Waals surface area contributed by atoms with Crippen molar-refractivity contribution in [3.8, 4) is 5.75 Å². The van der Waals surface area contributed by atoms with Crippen molar-refractivity contribution < 1.29 is 18.3 Å². The van der Waals surface area contributed by atoms with Crippen LogP contribution in [0.4, 0.5) is 14.5 Å². The van der Waals surface area contributed by atoms with Crippen LogP contribution in [0.15, 0.2) is 12.1 Å². The highest BCUT2D eigenvalue weighted by Gasteiger charge is 2.29. The fourth-order valence-corrected chi connectivity index (χ4v) is 2.53. The maximum absolute atomic E-state index is 12.2. The van der Waals surface area contributed by atoms with Gasteiger partial charge in [0, 0.05) is 18.2 Å². The van der Waals surface area contributed by atoms with Crippen molar-refractivity contribution in [3.05, 3.63) is 22.2 Å². The Kier molecular flexibility index (Phi) is 5.24. The molecular formula is C13H14Cl2F2N2O2.